The monoisotopic (exact) mass is 326 g/mol. The fraction of sp³-hybridized carbons (Fsp3) is 0.250. The number of ketones is 1. The molecule has 0 atom stereocenters. The summed E-state index contributed by atoms with van der Waals surface area (Å²) in [6.45, 7) is 1.50. The van der Waals surface area contributed by atoms with Gasteiger partial charge in [0, 0.05) is 9.37 Å². The van der Waals surface area contributed by atoms with Gasteiger partial charge in [0.2, 0.25) is 5.89 Å². The van der Waals surface area contributed by atoms with Gasteiger partial charge in [0.15, 0.2) is 5.82 Å². The number of rotatable bonds is 5. The molecule has 0 aliphatic carbocycles. The number of carbonyl (C=O) groups excluding carboxylic acids is 1. The minimum atomic E-state index is 0.0192. The first-order chi connectivity index (χ1) is 8.63. The third kappa shape index (κ3) is 3.96. The van der Waals surface area contributed by atoms with Crippen molar-refractivity contribution in [2.24, 2.45) is 0 Å². The van der Waals surface area contributed by atoms with Crippen molar-refractivity contribution in [1.82, 2.24) is 10.1 Å². The lowest BCUT2D eigenvalue weighted by molar-refractivity contribution is -0.116. The van der Waals surface area contributed by atoms with Crippen molar-refractivity contribution >= 4 is 33.5 Å². The molecule has 2 rings (SSSR count). The molecule has 94 valence electrons. The molecule has 2 aromatic rings. The van der Waals surface area contributed by atoms with E-state index in [9.17, 15) is 4.79 Å². The first-order valence-corrected chi connectivity index (χ1v) is 7.10. The summed E-state index contributed by atoms with van der Waals surface area (Å²) in [5, 5.41) is 3.83. The highest BCUT2D eigenvalue weighted by Gasteiger charge is 2.08. The van der Waals surface area contributed by atoms with Crippen molar-refractivity contribution in [3.8, 4) is 0 Å². The lowest BCUT2D eigenvalue weighted by atomic mass is 10.3. The van der Waals surface area contributed by atoms with Crippen LogP contribution in [-0.2, 0) is 17.0 Å². The molecular weight excluding hydrogens is 316 g/mol. The Hall–Kier alpha value is -1.14. The van der Waals surface area contributed by atoms with Crippen LogP contribution in [0.1, 0.15) is 18.6 Å². The normalized spacial score (nSPS) is 10.6. The largest absolute Gasteiger partial charge is 0.339 e. The molecule has 0 aliphatic rings. The van der Waals surface area contributed by atoms with Crippen molar-refractivity contribution < 1.29 is 9.32 Å². The fourth-order valence-corrected chi connectivity index (χ4v) is 2.32. The summed E-state index contributed by atoms with van der Waals surface area (Å²) in [4.78, 5) is 16.2. The van der Waals surface area contributed by atoms with Gasteiger partial charge in [0.05, 0.1) is 12.2 Å². The fourth-order valence-electron chi connectivity index (χ4n) is 1.31. The smallest absolute Gasteiger partial charge is 0.234 e. The van der Waals surface area contributed by atoms with Crippen LogP contribution in [-0.4, -0.2) is 15.9 Å². The number of thioether (sulfide) groups is 1. The van der Waals surface area contributed by atoms with E-state index < -0.39 is 0 Å². The van der Waals surface area contributed by atoms with Gasteiger partial charge >= 0.3 is 0 Å². The summed E-state index contributed by atoms with van der Waals surface area (Å²) >= 11 is 5.01. The maximum absolute atomic E-state index is 10.9. The Morgan fingerprint density at radius 3 is 2.78 bits per heavy atom. The van der Waals surface area contributed by atoms with Crippen LogP contribution in [0.4, 0.5) is 0 Å². The molecular formula is C12H11BrN2O2S. The van der Waals surface area contributed by atoms with Crippen LogP contribution in [0.25, 0.3) is 0 Å². The Labute approximate surface area is 117 Å². The highest BCUT2D eigenvalue weighted by molar-refractivity contribution is 9.10. The number of halogens is 1. The van der Waals surface area contributed by atoms with Crippen LogP contribution in [0.15, 0.2) is 38.2 Å². The predicted octanol–water partition coefficient (Wildman–Crippen LogP) is 3.26. The summed E-state index contributed by atoms with van der Waals surface area (Å²) in [6, 6.07) is 8.01. The zero-order valence-corrected chi connectivity index (χ0v) is 12.1. The van der Waals surface area contributed by atoms with Crippen molar-refractivity contribution in [3.05, 3.63) is 40.5 Å². The minimum absolute atomic E-state index is 0.0192. The van der Waals surface area contributed by atoms with Gasteiger partial charge in [-0.25, -0.2) is 0 Å². The van der Waals surface area contributed by atoms with E-state index in [0.29, 0.717) is 17.5 Å². The molecule has 6 heteroatoms. The van der Waals surface area contributed by atoms with E-state index in [1.165, 1.54) is 6.92 Å². The third-order valence-corrected chi connectivity index (χ3v) is 3.63. The molecule has 1 heterocycles. The Morgan fingerprint density at radius 1 is 1.39 bits per heavy atom. The molecule has 1 aromatic carbocycles. The Balaban J connectivity index is 1.92. The molecule has 0 aliphatic heterocycles. The molecule has 0 saturated carbocycles. The molecule has 0 bridgehead atoms. The van der Waals surface area contributed by atoms with Gasteiger partial charge in [-0.05, 0) is 31.2 Å². The standard InChI is InChI=1S/C12H11BrN2O2S/c1-8(16)6-12-14-11(15-17-12)7-18-10-4-2-9(13)3-5-10/h2-5H,6-7H2,1H3. The zero-order chi connectivity index (χ0) is 13.0. The van der Waals surface area contributed by atoms with Crippen LogP contribution < -0.4 is 0 Å². The van der Waals surface area contributed by atoms with Crippen LogP contribution in [0, 0.1) is 0 Å². The van der Waals surface area contributed by atoms with E-state index in [-0.39, 0.29) is 12.2 Å². The minimum Gasteiger partial charge on any atom is -0.339 e. The lowest BCUT2D eigenvalue weighted by Gasteiger charge is -1.97. The average molecular weight is 327 g/mol. The van der Waals surface area contributed by atoms with Crippen LogP contribution in [0.3, 0.4) is 0 Å². The van der Waals surface area contributed by atoms with Crippen LogP contribution in [0.2, 0.25) is 0 Å². The van der Waals surface area contributed by atoms with Crippen molar-refractivity contribution in [2.45, 2.75) is 24.0 Å². The van der Waals surface area contributed by atoms with E-state index in [0.717, 1.165) is 9.37 Å². The summed E-state index contributed by atoms with van der Waals surface area (Å²) in [7, 11) is 0. The summed E-state index contributed by atoms with van der Waals surface area (Å²) in [5.41, 5.74) is 0. The number of hydrogen-bond donors (Lipinski definition) is 0. The van der Waals surface area contributed by atoms with Gasteiger partial charge in [0.1, 0.15) is 5.78 Å². The second-order valence-corrected chi connectivity index (χ2v) is 5.69. The second-order valence-electron chi connectivity index (χ2n) is 3.73. The number of hydrogen-bond acceptors (Lipinski definition) is 5. The van der Waals surface area contributed by atoms with Gasteiger partial charge in [-0.3, -0.25) is 4.79 Å². The lowest BCUT2D eigenvalue weighted by Crippen LogP contribution is -1.96. The molecule has 0 amide bonds. The highest BCUT2D eigenvalue weighted by Crippen LogP contribution is 2.23. The zero-order valence-electron chi connectivity index (χ0n) is 9.72. The topological polar surface area (TPSA) is 56.0 Å². The Morgan fingerprint density at radius 2 is 2.11 bits per heavy atom. The van der Waals surface area contributed by atoms with Crippen LogP contribution in [0.5, 0.6) is 0 Å². The molecule has 0 spiro atoms. The van der Waals surface area contributed by atoms with Crippen molar-refractivity contribution in [1.29, 1.82) is 0 Å². The molecule has 18 heavy (non-hydrogen) atoms. The molecule has 0 saturated heterocycles. The number of aromatic nitrogens is 2. The van der Waals surface area contributed by atoms with E-state index in [4.69, 9.17) is 4.52 Å². The van der Waals surface area contributed by atoms with Gasteiger partial charge in [-0.2, -0.15) is 4.98 Å². The second kappa shape index (κ2) is 6.15. The van der Waals surface area contributed by atoms with E-state index in [2.05, 4.69) is 26.1 Å². The van der Waals surface area contributed by atoms with Gasteiger partial charge in [-0.15, -0.1) is 11.8 Å². The van der Waals surface area contributed by atoms with Crippen molar-refractivity contribution in [3.63, 3.8) is 0 Å². The van der Waals surface area contributed by atoms with Crippen molar-refractivity contribution in [2.75, 3.05) is 0 Å². The van der Waals surface area contributed by atoms with E-state index in [1.807, 2.05) is 24.3 Å². The van der Waals surface area contributed by atoms with Crippen LogP contribution >= 0.6 is 27.7 Å². The quantitative estimate of drug-likeness (QED) is 0.789. The highest BCUT2D eigenvalue weighted by atomic mass is 79.9. The SMILES string of the molecule is CC(=O)Cc1nc(CSc2ccc(Br)cc2)no1. The number of nitrogens with zero attached hydrogens (tertiary/aromatic N) is 2. The molecule has 4 nitrogen and oxygen atoms in total. The van der Waals surface area contributed by atoms with E-state index in [1.54, 1.807) is 11.8 Å². The summed E-state index contributed by atoms with van der Waals surface area (Å²) < 4.78 is 6.03. The Bertz CT molecular complexity index is 539. The summed E-state index contributed by atoms with van der Waals surface area (Å²) in [5.74, 6) is 1.64. The first-order valence-electron chi connectivity index (χ1n) is 5.33. The van der Waals surface area contributed by atoms with Gasteiger partial charge in [-0.1, -0.05) is 21.1 Å². The first kappa shape index (κ1) is 13.3. The predicted molar refractivity (Wildman–Crippen MR) is 72.4 cm³/mol. The molecule has 0 N–H and O–H groups in total. The Kier molecular flexibility index (Phi) is 4.54. The molecule has 0 fully saturated rings. The molecule has 1 aromatic heterocycles. The maximum Gasteiger partial charge on any atom is 0.234 e. The maximum atomic E-state index is 10.9. The average Bonchev–Trinajstić information content (AvgIpc) is 2.75. The van der Waals surface area contributed by atoms with Gasteiger partial charge in [0.25, 0.3) is 0 Å². The van der Waals surface area contributed by atoms with E-state index >= 15 is 0 Å². The number of carbonyl (C=O) groups is 1. The third-order valence-electron chi connectivity index (χ3n) is 2.09. The van der Waals surface area contributed by atoms with Gasteiger partial charge < -0.3 is 4.52 Å². The summed E-state index contributed by atoms with van der Waals surface area (Å²) in [6.07, 6.45) is 0.204. The molecule has 0 unspecified atom stereocenters. The number of Topliss-reactive ketones (excluding diaryl/α,β-unsaturated/α-hetero) is 1. The number of benzene rings is 1. The molecule has 0 radical (unpaired) electrons.